The minimum Gasteiger partial charge on any atom is -0.482 e. The molecule has 0 aromatic heterocycles. The third-order valence-corrected chi connectivity index (χ3v) is 3.56. The lowest BCUT2D eigenvalue weighted by atomic mass is 10.2. The number of hydrogen-bond acceptors (Lipinski definition) is 3. The Morgan fingerprint density at radius 3 is 2.46 bits per heavy atom. The number of anilines is 1. The summed E-state index contributed by atoms with van der Waals surface area (Å²) in [5, 5.41) is 6.28. The summed E-state index contributed by atoms with van der Waals surface area (Å²) in [4.78, 5) is 22.8. The van der Waals surface area contributed by atoms with Gasteiger partial charge in [-0.25, -0.2) is 0 Å². The van der Waals surface area contributed by atoms with E-state index in [-0.39, 0.29) is 18.4 Å². The number of rotatable bonds is 6. The molecule has 2 rings (SSSR count). The number of ether oxygens (including phenoxy) is 1. The average molecular weight is 367 g/mol. The van der Waals surface area contributed by atoms with Gasteiger partial charge in [0.25, 0.3) is 5.91 Å². The zero-order valence-corrected chi connectivity index (χ0v) is 14.4. The molecule has 0 aliphatic rings. The van der Waals surface area contributed by atoms with E-state index in [2.05, 4.69) is 10.6 Å². The summed E-state index contributed by atoms with van der Waals surface area (Å²) in [6.45, 7) is 1.64. The van der Waals surface area contributed by atoms with Crippen molar-refractivity contribution in [2.45, 2.75) is 13.5 Å². The van der Waals surface area contributed by atoms with Crippen LogP contribution in [0.4, 0.5) is 5.69 Å². The lowest BCUT2D eigenvalue weighted by Gasteiger charge is -2.09. The molecule has 126 valence electrons. The van der Waals surface area contributed by atoms with Crippen LogP contribution in [-0.2, 0) is 16.1 Å². The molecule has 0 heterocycles. The quantitative estimate of drug-likeness (QED) is 0.819. The predicted octanol–water partition coefficient (Wildman–Crippen LogP) is 3.65. The number of halogens is 2. The molecule has 2 aromatic carbocycles. The number of carbonyl (C=O) groups is 2. The van der Waals surface area contributed by atoms with Crippen LogP contribution in [0.2, 0.25) is 10.0 Å². The van der Waals surface area contributed by atoms with Gasteiger partial charge in [0.2, 0.25) is 5.91 Å². The molecule has 0 fully saturated rings. The maximum Gasteiger partial charge on any atom is 0.258 e. The van der Waals surface area contributed by atoms with Gasteiger partial charge in [0.15, 0.2) is 6.61 Å². The van der Waals surface area contributed by atoms with Crippen LogP contribution in [0.1, 0.15) is 12.5 Å². The molecular formula is C17H16Cl2N2O3. The molecule has 0 atom stereocenters. The Bertz CT molecular complexity index is 733. The van der Waals surface area contributed by atoms with Gasteiger partial charge in [-0.2, -0.15) is 0 Å². The van der Waals surface area contributed by atoms with Gasteiger partial charge in [-0.1, -0.05) is 35.3 Å². The zero-order valence-electron chi connectivity index (χ0n) is 12.9. The highest BCUT2D eigenvalue weighted by molar-refractivity contribution is 6.34. The van der Waals surface area contributed by atoms with Crippen molar-refractivity contribution in [3.63, 3.8) is 0 Å². The lowest BCUT2D eigenvalue weighted by Crippen LogP contribution is -2.28. The van der Waals surface area contributed by atoms with Gasteiger partial charge in [0.05, 0.1) is 5.02 Å². The van der Waals surface area contributed by atoms with Crippen LogP contribution in [0.15, 0.2) is 42.5 Å². The normalized spacial score (nSPS) is 10.1. The van der Waals surface area contributed by atoms with Gasteiger partial charge in [-0.3, -0.25) is 9.59 Å². The fourth-order valence-electron chi connectivity index (χ4n) is 1.89. The Morgan fingerprint density at radius 2 is 1.79 bits per heavy atom. The highest BCUT2D eigenvalue weighted by Gasteiger charge is 2.07. The summed E-state index contributed by atoms with van der Waals surface area (Å²) in [6, 6.07) is 12.0. The first-order valence-electron chi connectivity index (χ1n) is 7.15. The highest BCUT2D eigenvalue weighted by Crippen LogP contribution is 2.27. The Morgan fingerprint density at radius 1 is 1.08 bits per heavy atom. The van der Waals surface area contributed by atoms with Crippen molar-refractivity contribution in [3.05, 3.63) is 58.1 Å². The summed E-state index contributed by atoms with van der Waals surface area (Å²) in [5.41, 5.74) is 1.61. The largest absolute Gasteiger partial charge is 0.482 e. The van der Waals surface area contributed by atoms with Crippen molar-refractivity contribution >= 4 is 40.7 Å². The van der Waals surface area contributed by atoms with Gasteiger partial charge >= 0.3 is 0 Å². The second-order valence-electron chi connectivity index (χ2n) is 5.02. The fraction of sp³-hybridized carbons (Fsp3) is 0.176. The van der Waals surface area contributed by atoms with Crippen molar-refractivity contribution < 1.29 is 14.3 Å². The molecule has 2 N–H and O–H groups in total. The van der Waals surface area contributed by atoms with Crippen molar-refractivity contribution in [1.29, 1.82) is 0 Å². The lowest BCUT2D eigenvalue weighted by molar-refractivity contribution is -0.123. The Kier molecular flexibility index (Phi) is 6.46. The van der Waals surface area contributed by atoms with Crippen LogP contribution in [-0.4, -0.2) is 18.4 Å². The number of benzene rings is 2. The van der Waals surface area contributed by atoms with E-state index in [1.807, 2.05) is 12.1 Å². The van der Waals surface area contributed by atoms with Gasteiger partial charge in [-0.05, 0) is 29.8 Å². The smallest absolute Gasteiger partial charge is 0.258 e. The molecule has 0 spiro atoms. The van der Waals surface area contributed by atoms with Crippen LogP contribution in [0.5, 0.6) is 5.75 Å². The first-order valence-corrected chi connectivity index (χ1v) is 7.91. The van der Waals surface area contributed by atoms with Crippen molar-refractivity contribution in [2.24, 2.45) is 0 Å². The summed E-state index contributed by atoms with van der Waals surface area (Å²) in [6.07, 6.45) is 0. The fourth-order valence-corrected chi connectivity index (χ4v) is 2.23. The highest BCUT2D eigenvalue weighted by atomic mass is 35.5. The van der Waals surface area contributed by atoms with Gasteiger partial charge in [-0.15, -0.1) is 0 Å². The molecule has 0 saturated carbocycles. The van der Waals surface area contributed by atoms with E-state index in [0.29, 0.717) is 28.0 Å². The minimum absolute atomic E-state index is 0.132. The number of hydrogen-bond donors (Lipinski definition) is 2. The zero-order chi connectivity index (χ0) is 17.5. The number of amides is 2. The van der Waals surface area contributed by atoms with E-state index in [0.717, 1.165) is 5.56 Å². The van der Waals surface area contributed by atoms with Gasteiger partial charge in [0, 0.05) is 30.2 Å². The third-order valence-electron chi connectivity index (χ3n) is 3.02. The van der Waals surface area contributed by atoms with Crippen LogP contribution in [0.25, 0.3) is 0 Å². The van der Waals surface area contributed by atoms with Crippen LogP contribution >= 0.6 is 23.2 Å². The molecular weight excluding hydrogens is 351 g/mol. The molecule has 0 saturated heterocycles. The molecule has 2 aromatic rings. The van der Waals surface area contributed by atoms with E-state index in [1.54, 1.807) is 30.3 Å². The number of carbonyl (C=O) groups excluding carboxylic acids is 2. The van der Waals surface area contributed by atoms with E-state index >= 15 is 0 Å². The second kappa shape index (κ2) is 8.57. The van der Waals surface area contributed by atoms with Crippen LogP contribution < -0.4 is 15.4 Å². The van der Waals surface area contributed by atoms with E-state index < -0.39 is 0 Å². The van der Waals surface area contributed by atoms with Crippen LogP contribution in [0, 0.1) is 0 Å². The number of nitrogens with one attached hydrogen (secondary N) is 2. The first-order chi connectivity index (χ1) is 11.4. The summed E-state index contributed by atoms with van der Waals surface area (Å²) in [5.74, 6) is -0.0520. The Labute approximate surface area is 149 Å². The van der Waals surface area contributed by atoms with E-state index in [1.165, 1.54) is 6.92 Å². The maximum atomic E-state index is 11.8. The molecule has 0 aliphatic carbocycles. The average Bonchev–Trinajstić information content (AvgIpc) is 2.54. The van der Waals surface area contributed by atoms with Crippen molar-refractivity contribution in [3.8, 4) is 5.75 Å². The molecule has 0 radical (unpaired) electrons. The van der Waals surface area contributed by atoms with E-state index in [4.69, 9.17) is 27.9 Å². The Hall–Kier alpha value is -2.24. The summed E-state index contributed by atoms with van der Waals surface area (Å²) in [7, 11) is 0. The minimum atomic E-state index is -0.281. The SMILES string of the molecule is CC(=O)Nc1ccc(CNC(=O)COc2cc(Cl)ccc2Cl)cc1. The van der Waals surface area contributed by atoms with Crippen molar-refractivity contribution in [2.75, 3.05) is 11.9 Å². The maximum absolute atomic E-state index is 11.8. The molecule has 0 unspecified atom stereocenters. The predicted molar refractivity (Wildman–Crippen MR) is 94.5 cm³/mol. The van der Waals surface area contributed by atoms with Gasteiger partial charge < -0.3 is 15.4 Å². The molecule has 5 nitrogen and oxygen atoms in total. The molecule has 2 amide bonds. The molecule has 0 bridgehead atoms. The Balaban J connectivity index is 1.80. The summed E-state index contributed by atoms with van der Waals surface area (Å²) < 4.78 is 5.35. The molecule has 0 aliphatic heterocycles. The topological polar surface area (TPSA) is 67.4 Å². The molecule has 7 heteroatoms. The van der Waals surface area contributed by atoms with Crippen LogP contribution in [0.3, 0.4) is 0 Å². The first kappa shape index (κ1) is 18.1. The standard InChI is InChI=1S/C17H16Cl2N2O3/c1-11(22)21-14-5-2-12(3-6-14)9-20-17(23)10-24-16-8-13(18)4-7-15(16)19/h2-8H,9-10H2,1H3,(H,20,23)(H,21,22). The third kappa shape index (κ3) is 5.76. The van der Waals surface area contributed by atoms with Gasteiger partial charge in [0.1, 0.15) is 5.75 Å². The van der Waals surface area contributed by atoms with Crippen molar-refractivity contribution in [1.82, 2.24) is 5.32 Å². The summed E-state index contributed by atoms with van der Waals surface area (Å²) >= 11 is 11.8. The second-order valence-corrected chi connectivity index (χ2v) is 5.86. The monoisotopic (exact) mass is 366 g/mol. The van der Waals surface area contributed by atoms with E-state index in [9.17, 15) is 9.59 Å². The molecule has 24 heavy (non-hydrogen) atoms.